The number of anilines is 1. The molecule has 4 rings (SSSR count). The molecule has 0 amide bonds. The Hall–Kier alpha value is -2.56. The molecule has 1 aliphatic rings. The van der Waals surface area contributed by atoms with E-state index in [9.17, 15) is 5.11 Å². The van der Waals surface area contributed by atoms with Gasteiger partial charge in [0, 0.05) is 31.7 Å². The summed E-state index contributed by atoms with van der Waals surface area (Å²) in [6.45, 7) is 10.3. The van der Waals surface area contributed by atoms with Crippen LogP contribution in [-0.2, 0) is 6.42 Å². The van der Waals surface area contributed by atoms with Crippen molar-refractivity contribution in [1.29, 1.82) is 0 Å². The van der Waals surface area contributed by atoms with Gasteiger partial charge in [-0.15, -0.1) is 0 Å². The van der Waals surface area contributed by atoms with Gasteiger partial charge in [0.15, 0.2) is 0 Å². The summed E-state index contributed by atoms with van der Waals surface area (Å²) >= 11 is 0. The van der Waals surface area contributed by atoms with E-state index < -0.39 is 0 Å². The summed E-state index contributed by atoms with van der Waals surface area (Å²) in [6, 6.07) is 21.8. The summed E-state index contributed by atoms with van der Waals surface area (Å²) < 4.78 is 6.06. The predicted molar refractivity (Wildman–Crippen MR) is 143 cm³/mol. The molecule has 1 aliphatic heterocycles. The highest BCUT2D eigenvalue weighted by molar-refractivity contribution is 5.90. The van der Waals surface area contributed by atoms with Gasteiger partial charge in [-0.1, -0.05) is 56.3 Å². The number of rotatable bonds is 11. The zero-order chi connectivity index (χ0) is 23.8. The third-order valence-corrected chi connectivity index (χ3v) is 6.88. The SMILES string of the molecule is CCCN(CCC)CCOc1ccc(Cc2c(N3CCC(O)CC3)ccc3ccccc23)cc1. The minimum atomic E-state index is -0.163. The van der Waals surface area contributed by atoms with Crippen LogP contribution in [0.25, 0.3) is 10.8 Å². The number of aliphatic hydroxyl groups excluding tert-OH is 1. The van der Waals surface area contributed by atoms with E-state index in [-0.39, 0.29) is 6.10 Å². The number of fused-ring (bicyclic) bond motifs is 1. The van der Waals surface area contributed by atoms with Crippen molar-refractivity contribution in [3.8, 4) is 5.75 Å². The van der Waals surface area contributed by atoms with Crippen LogP contribution < -0.4 is 9.64 Å². The van der Waals surface area contributed by atoms with E-state index in [1.54, 1.807) is 0 Å². The molecule has 0 aromatic heterocycles. The molecule has 0 atom stereocenters. The summed E-state index contributed by atoms with van der Waals surface area (Å²) in [6.07, 6.45) is 4.77. The molecular weight excluding hydrogens is 420 g/mol. The lowest BCUT2D eigenvalue weighted by Crippen LogP contribution is -2.36. The van der Waals surface area contributed by atoms with Gasteiger partial charge in [-0.05, 0) is 78.9 Å². The van der Waals surface area contributed by atoms with Crippen LogP contribution in [0, 0.1) is 0 Å². The van der Waals surface area contributed by atoms with Crippen molar-refractivity contribution in [3.05, 3.63) is 71.8 Å². The Kier molecular flexibility index (Phi) is 8.84. The maximum absolute atomic E-state index is 9.98. The van der Waals surface area contributed by atoms with Crippen molar-refractivity contribution in [1.82, 2.24) is 4.90 Å². The lowest BCUT2D eigenvalue weighted by molar-refractivity contribution is 0.145. The average molecular weight is 461 g/mol. The summed E-state index contributed by atoms with van der Waals surface area (Å²) in [5, 5.41) is 12.6. The van der Waals surface area contributed by atoms with E-state index >= 15 is 0 Å². The largest absolute Gasteiger partial charge is 0.492 e. The molecule has 0 saturated carbocycles. The quantitative estimate of drug-likeness (QED) is 0.387. The Balaban J connectivity index is 1.47. The molecule has 0 radical (unpaired) electrons. The molecule has 0 unspecified atom stereocenters. The molecule has 0 spiro atoms. The first-order valence-corrected chi connectivity index (χ1v) is 13.1. The molecule has 182 valence electrons. The Morgan fingerprint density at radius 3 is 2.29 bits per heavy atom. The first-order chi connectivity index (χ1) is 16.7. The Labute approximate surface area is 205 Å². The highest BCUT2D eigenvalue weighted by Gasteiger charge is 2.20. The van der Waals surface area contributed by atoms with Crippen molar-refractivity contribution in [2.45, 2.75) is 52.1 Å². The molecule has 1 saturated heterocycles. The minimum Gasteiger partial charge on any atom is -0.492 e. The third-order valence-electron chi connectivity index (χ3n) is 6.88. The summed E-state index contributed by atoms with van der Waals surface area (Å²) in [7, 11) is 0. The summed E-state index contributed by atoms with van der Waals surface area (Å²) in [5.74, 6) is 0.944. The number of nitrogens with zero attached hydrogens (tertiary/aromatic N) is 2. The molecule has 3 aromatic carbocycles. The van der Waals surface area contributed by atoms with E-state index in [0.717, 1.165) is 64.3 Å². The molecule has 1 heterocycles. The molecule has 0 aliphatic carbocycles. The molecule has 1 fully saturated rings. The van der Waals surface area contributed by atoms with Gasteiger partial charge in [-0.3, -0.25) is 4.90 Å². The fourth-order valence-corrected chi connectivity index (χ4v) is 5.08. The minimum absolute atomic E-state index is 0.163. The van der Waals surface area contributed by atoms with Gasteiger partial charge in [0.05, 0.1) is 6.10 Å². The maximum Gasteiger partial charge on any atom is 0.119 e. The van der Waals surface area contributed by atoms with Gasteiger partial charge in [-0.2, -0.15) is 0 Å². The van der Waals surface area contributed by atoms with Gasteiger partial charge >= 0.3 is 0 Å². The molecule has 0 bridgehead atoms. The smallest absolute Gasteiger partial charge is 0.119 e. The molecular formula is C30H40N2O2. The fraction of sp³-hybridized carbons (Fsp3) is 0.467. The molecule has 4 heteroatoms. The zero-order valence-electron chi connectivity index (χ0n) is 20.9. The average Bonchev–Trinajstić information content (AvgIpc) is 2.86. The zero-order valence-corrected chi connectivity index (χ0v) is 20.9. The third kappa shape index (κ3) is 6.31. The van der Waals surface area contributed by atoms with Crippen molar-refractivity contribution in [2.75, 3.05) is 44.2 Å². The van der Waals surface area contributed by atoms with Crippen molar-refractivity contribution < 1.29 is 9.84 Å². The first-order valence-electron chi connectivity index (χ1n) is 13.1. The highest BCUT2D eigenvalue weighted by Crippen LogP contribution is 2.33. The monoisotopic (exact) mass is 460 g/mol. The number of benzene rings is 3. The van der Waals surface area contributed by atoms with Crippen molar-refractivity contribution in [2.24, 2.45) is 0 Å². The number of aliphatic hydroxyl groups is 1. The van der Waals surface area contributed by atoms with Crippen molar-refractivity contribution in [3.63, 3.8) is 0 Å². The summed E-state index contributed by atoms with van der Waals surface area (Å²) in [4.78, 5) is 4.93. The Bertz CT molecular complexity index is 1020. The lowest BCUT2D eigenvalue weighted by atomic mass is 9.95. The number of ether oxygens (including phenoxy) is 1. The lowest BCUT2D eigenvalue weighted by Gasteiger charge is -2.33. The van der Waals surface area contributed by atoms with Crippen LogP contribution in [0.5, 0.6) is 5.75 Å². The standard InChI is InChI=1S/C30H40N2O2/c1-3-17-31(18-4-2)21-22-34-27-12-9-24(10-13-27)23-29-28-8-6-5-7-25(28)11-14-30(29)32-19-15-26(33)16-20-32/h5-14,26,33H,3-4,15-23H2,1-2H3. The molecule has 3 aromatic rings. The molecule has 34 heavy (non-hydrogen) atoms. The van der Waals surface area contributed by atoms with E-state index in [0.29, 0.717) is 0 Å². The normalized spacial score (nSPS) is 14.8. The van der Waals surface area contributed by atoms with E-state index in [2.05, 4.69) is 84.3 Å². The van der Waals surface area contributed by atoms with Crippen LogP contribution in [0.1, 0.15) is 50.7 Å². The molecule has 4 nitrogen and oxygen atoms in total. The second kappa shape index (κ2) is 12.2. The number of piperidine rings is 1. The van der Waals surface area contributed by atoms with Gasteiger partial charge in [0.2, 0.25) is 0 Å². The van der Waals surface area contributed by atoms with Crippen molar-refractivity contribution >= 4 is 16.5 Å². The maximum atomic E-state index is 9.98. The predicted octanol–water partition coefficient (Wildman–Crippen LogP) is 5.89. The van der Waals surface area contributed by atoms with Gasteiger partial charge < -0.3 is 14.7 Å². The van der Waals surface area contributed by atoms with Crippen LogP contribution in [0.3, 0.4) is 0 Å². The van der Waals surface area contributed by atoms with Crippen LogP contribution in [0.2, 0.25) is 0 Å². The van der Waals surface area contributed by atoms with Crippen LogP contribution in [-0.4, -0.2) is 55.4 Å². The van der Waals surface area contributed by atoms with E-state index in [1.165, 1.54) is 40.4 Å². The number of hydrogen-bond donors (Lipinski definition) is 1. The van der Waals surface area contributed by atoms with Crippen LogP contribution >= 0.6 is 0 Å². The van der Waals surface area contributed by atoms with Gasteiger partial charge in [0.1, 0.15) is 12.4 Å². The van der Waals surface area contributed by atoms with Crippen LogP contribution in [0.15, 0.2) is 60.7 Å². The second-order valence-corrected chi connectivity index (χ2v) is 9.51. The van der Waals surface area contributed by atoms with E-state index in [1.807, 2.05) is 0 Å². The van der Waals surface area contributed by atoms with Gasteiger partial charge in [0.25, 0.3) is 0 Å². The fourth-order valence-electron chi connectivity index (χ4n) is 5.08. The number of hydrogen-bond acceptors (Lipinski definition) is 4. The van der Waals surface area contributed by atoms with Crippen LogP contribution in [0.4, 0.5) is 5.69 Å². The Morgan fingerprint density at radius 1 is 0.882 bits per heavy atom. The first kappa shape index (κ1) is 24.6. The molecule has 1 N–H and O–H groups in total. The second-order valence-electron chi connectivity index (χ2n) is 9.51. The highest BCUT2D eigenvalue weighted by atomic mass is 16.5. The topological polar surface area (TPSA) is 35.9 Å². The van der Waals surface area contributed by atoms with E-state index in [4.69, 9.17) is 4.74 Å². The Morgan fingerprint density at radius 2 is 1.59 bits per heavy atom. The summed E-state index contributed by atoms with van der Waals surface area (Å²) in [5.41, 5.74) is 3.97. The van der Waals surface area contributed by atoms with Gasteiger partial charge in [-0.25, -0.2) is 0 Å².